The van der Waals surface area contributed by atoms with Gasteiger partial charge in [0.05, 0.1) is 12.1 Å². The Morgan fingerprint density at radius 3 is 1.26 bits per heavy atom. The fraction of sp³-hybridized carbons (Fsp3) is 0.500. The van der Waals surface area contributed by atoms with E-state index in [2.05, 4.69) is 10.6 Å². The normalized spacial score (nSPS) is 19.4. The second kappa shape index (κ2) is 19.4. The zero-order valence-electron chi connectivity index (χ0n) is 28.4. The maximum absolute atomic E-state index is 12.5. The number of rotatable bonds is 16. The molecule has 6 atom stereocenters. The Bertz CT molecular complexity index is 1350. The summed E-state index contributed by atoms with van der Waals surface area (Å²) in [5.74, 6) is -4.81. The number of hydrogen-bond acceptors (Lipinski definition) is 8. The molecule has 2 aliphatic rings. The van der Waals surface area contributed by atoms with Crippen molar-refractivity contribution in [3.05, 3.63) is 71.8 Å². The van der Waals surface area contributed by atoms with Gasteiger partial charge in [0, 0.05) is 13.1 Å². The van der Waals surface area contributed by atoms with Crippen LogP contribution in [0.5, 0.6) is 0 Å². The number of hydrogen-bond donors (Lipinski definition) is 6. The van der Waals surface area contributed by atoms with Crippen LogP contribution in [-0.2, 0) is 41.6 Å². The number of benzene rings is 2. The maximum atomic E-state index is 12.5. The Hall–Kier alpha value is -4.82. The number of amides is 2. The molecule has 272 valence electrons. The highest BCUT2D eigenvalue weighted by atomic mass is 16.4. The van der Waals surface area contributed by atoms with E-state index >= 15 is 0 Å². The highest BCUT2D eigenvalue weighted by molar-refractivity contribution is 5.88. The first kappa shape index (κ1) is 39.6. The number of nitrogens with zero attached hydrogens (tertiary/aromatic N) is 2. The van der Waals surface area contributed by atoms with Crippen LogP contribution in [0.25, 0.3) is 0 Å². The molecule has 0 radical (unpaired) electrons. The van der Waals surface area contributed by atoms with Crippen molar-refractivity contribution >= 4 is 35.7 Å². The molecule has 2 aromatic carbocycles. The fourth-order valence-electron chi connectivity index (χ4n) is 6.29. The molecule has 2 aliphatic heterocycles. The van der Waals surface area contributed by atoms with Gasteiger partial charge in [-0.05, 0) is 76.3 Å². The largest absolute Gasteiger partial charge is 0.480 e. The molecule has 2 saturated heterocycles. The van der Waals surface area contributed by atoms with Gasteiger partial charge in [-0.3, -0.25) is 29.8 Å². The van der Waals surface area contributed by atoms with E-state index in [4.69, 9.17) is 0 Å². The van der Waals surface area contributed by atoms with E-state index in [-0.39, 0.29) is 11.8 Å². The zero-order valence-corrected chi connectivity index (χ0v) is 28.4. The average Bonchev–Trinajstić information content (AvgIpc) is 3.80. The van der Waals surface area contributed by atoms with Crippen LogP contribution in [0.15, 0.2) is 60.7 Å². The summed E-state index contributed by atoms with van der Waals surface area (Å²) in [6, 6.07) is 14.2. The van der Waals surface area contributed by atoms with Gasteiger partial charge in [-0.2, -0.15) is 0 Å². The van der Waals surface area contributed by atoms with Gasteiger partial charge in [-0.25, -0.2) is 9.59 Å². The van der Waals surface area contributed by atoms with Crippen LogP contribution in [0.4, 0.5) is 0 Å². The van der Waals surface area contributed by atoms with Gasteiger partial charge in [0.2, 0.25) is 11.8 Å². The zero-order chi connectivity index (χ0) is 36.8. The van der Waals surface area contributed by atoms with Gasteiger partial charge < -0.3 is 30.2 Å². The number of carboxylic acids is 4. The van der Waals surface area contributed by atoms with Crippen LogP contribution in [-0.4, -0.2) is 115 Å². The van der Waals surface area contributed by atoms with Gasteiger partial charge in [0.15, 0.2) is 0 Å². The third-order valence-corrected chi connectivity index (χ3v) is 9.01. The van der Waals surface area contributed by atoms with Crippen LogP contribution in [0.1, 0.15) is 63.5 Å². The second-order valence-electron chi connectivity index (χ2n) is 12.7. The Balaban J connectivity index is 0.000000270. The summed E-state index contributed by atoms with van der Waals surface area (Å²) in [6.45, 7) is 3.95. The highest BCUT2D eigenvalue weighted by Crippen LogP contribution is 2.20. The maximum Gasteiger partial charge on any atom is 0.326 e. The van der Waals surface area contributed by atoms with Gasteiger partial charge >= 0.3 is 23.9 Å². The summed E-state index contributed by atoms with van der Waals surface area (Å²) in [5.41, 5.74) is 2.06. The second-order valence-corrected chi connectivity index (χ2v) is 12.7. The van der Waals surface area contributed by atoms with Gasteiger partial charge in [-0.15, -0.1) is 0 Å². The highest BCUT2D eigenvalue weighted by Gasteiger charge is 2.38. The lowest BCUT2D eigenvalue weighted by molar-refractivity contribution is -0.149. The molecule has 50 heavy (non-hydrogen) atoms. The quantitative estimate of drug-likeness (QED) is 0.149. The Morgan fingerprint density at radius 1 is 0.620 bits per heavy atom. The standard InChI is InChI=1S/2C18H24N2O5/c2*1-12(16(21)20-11-5-8-15(20)18(24)25)19-14(17(22)23)10-9-13-6-3-2-4-7-13/h2*2-4,6-7,12,14-15,19H,5,8-11H2,1H3,(H,22,23)(H,24,25)/t2*12-,14-,15-/m00/s1. The van der Waals surface area contributed by atoms with Crippen LogP contribution in [0, 0.1) is 0 Å². The van der Waals surface area contributed by atoms with Crippen molar-refractivity contribution in [2.24, 2.45) is 0 Å². The number of likely N-dealkylation sites (tertiary alicyclic amines) is 2. The van der Waals surface area contributed by atoms with Gasteiger partial charge in [-0.1, -0.05) is 60.7 Å². The Morgan fingerprint density at radius 2 is 0.960 bits per heavy atom. The molecule has 0 unspecified atom stereocenters. The number of nitrogens with one attached hydrogen (secondary N) is 2. The SMILES string of the molecule is C[C@H](N[C@@H](CCc1ccccc1)C(=O)O)C(=O)N1CCC[C@H]1C(=O)O.C[C@H](N[C@@H](CCc1ccccc1)C(=O)O)C(=O)N1CCC[C@H]1C(=O)O. The lowest BCUT2D eigenvalue weighted by Crippen LogP contribution is -2.53. The number of aryl methyl sites for hydroxylation is 2. The van der Waals surface area contributed by atoms with E-state index < -0.39 is 60.1 Å². The lowest BCUT2D eigenvalue weighted by Gasteiger charge is -2.27. The molecule has 2 heterocycles. The summed E-state index contributed by atoms with van der Waals surface area (Å²) >= 11 is 0. The van der Waals surface area contributed by atoms with E-state index in [0.717, 1.165) is 11.1 Å². The number of aliphatic carboxylic acids is 4. The van der Waals surface area contributed by atoms with Gasteiger partial charge in [0.1, 0.15) is 24.2 Å². The Labute approximate surface area is 291 Å². The molecule has 0 aliphatic carbocycles. The first-order valence-corrected chi connectivity index (χ1v) is 16.9. The van der Waals surface area contributed by atoms with E-state index in [1.807, 2.05) is 60.7 Å². The molecular weight excluding hydrogens is 648 g/mol. The summed E-state index contributed by atoms with van der Waals surface area (Å²) in [5, 5.41) is 42.9. The number of carbonyl (C=O) groups is 6. The van der Waals surface area contributed by atoms with Crippen molar-refractivity contribution in [1.29, 1.82) is 0 Å². The average molecular weight is 697 g/mol. The van der Waals surface area contributed by atoms with Crippen LogP contribution in [0.3, 0.4) is 0 Å². The van der Waals surface area contributed by atoms with Gasteiger partial charge in [0.25, 0.3) is 0 Å². The lowest BCUT2D eigenvalue weighted by atomic mass is 10.0. The summed E-state index contributed by atoms with van der Waals surface area (Å²) < 4.78 is 0. The third-order valence-electron chi connectivity index (χ3n) is 9.01. The molecule has 6 N–H and O–H groups in total. The molecule has 0 aromatic heterocycles. The minimum atomic E-state index is -1.02. The van der Waals surface area contributed by atoms with Crippen molar-refractivity contribution in [2.75, 3.05) is 13.1 Å². The third kappa shape index (κ3) is 11.7. The molecule has 0 spiro atoms. The Kier molecular flexibility index (Phi) is 15.4. The predicted molar refractivity (Wildman–Crippen MR) is 182 cm³/mol. The van der Waals surface area contributed by atoms with E-state index in [1.165, 1.54) is 9.80 Å². The first-order chi connectivity index (χ1) is 23.8. The summed E-state index contributed by atoms with van der Waals surface area (Å²) in [7, 11) is 0. The minimum Gasteiger partial charge on any atom is -0.480 e. The van der Waals surface area contributed by atoms with Crippen molar-refractivity contribution in [3.63, 3.8) is 0 Å². The summed E-state index contributed by atoms with van der Waals surface area (Å²) in [6.07, 6.45) is 4.00. The molecule has 2 aromatic rings. The molecule has 14 nitrogen and oxygen atoms in total. The smallest absolute Gasteiger partial charge is 0.326 e. The van der Waals surface area contributed by atoms with Crippen LogP contribution in [0.2, 0.25) is 0 Å². The summed E-state index contributed by atoms with van der Waals surface area (Å²) in [4.78, 5) is 73.1. The molecule has 0 bridgehead atoms. The van der Waals surface area contributed by atoms with Crippen molar-refractivity contribution in [1.82, 2.24) is 20.4 Å². The van der Waals surface area contributed by atoms with E-state index in [1.54, 1.807) is 13.8 Å². The molecule has 4 rings (SSSR count). The van der Waals surface area contributed by atoms with Crippen molar-refractivity contribution in [2.45, 2.75) is 101 Å². The molecule has 14 heteroatoms. The van der Waals surface area contributed by atoms with E-state index in [0.29, 0.717) is 64.5 Å². The molecule has 2 amide bonds. The van der Waals surface area contributed by atoms with Crippen LogP contribution < -0.4 is 10.6 Å². The monoisotopic (exact) mass is 696 g/mol. The predicted octanol–water partition coefficient (Wildman–Crippen LogP) is 2.25. The van der Waals surface area contributed by atoms with Crippen LogP contribution >= 0.6 is 0 Å². The topological polar surface area (TPSA) is 214 Å². The number of carboxylic acid groups (broad SMARTS) is 4. The molecule has 2 fully saturated rings. The molecular formula is C36H48N4O10. The van der Waals surface area contributed by atoms with Crippen molar-refractivity contribution in [3.8, 4) is 0 Å². The number of carbonyl (C=O) groups excluding carboxylic acids is 2. The first-order valence-electron chi connectivity index (χ1n) is 16.9. The van der Waals surface area contributed by atoms with Crippen molar-refractivity contribution < 1.29 is 49.2 Å². The molecule has 0 saturated carbocycles. The minimum absolute atomic E-state index is 0.347. The fourth-order valence-corrected chi connectivity index (χ4v) is 6.29. The van der Waals surface area contributed by atoms with E-state index in [9.17, 15) is 49.2 Å².